The number of urea groups is 1. The lowest BCUT2D eigenvalue weighted by Gasteiger charge is -2.32. The molecule has 0 aromatic carbocycles. The first-order chi connectivity index (χ1) is 7.77. The van der Waals surface area contributed by atoms with Gasteiger partial charge in [-0.25, -0.2) is 4.79 Å². The highest BCUT2D eigenvalue weighted by Crippen LogP contribution is 2.19. The second-order valence-corrected chi connectivity index (χ2v) is 5.02. The molecule has 0 radical (unpaired) electrons. The van der Waals surface area contributed by atoms with E-state index in [1.54, 1.807) is 0 Å². The molecule has 1 saturated heterocycles. The van der Waals surface area contributed by atoms with Crippen LogP contribution in [-0.4, -0.2) is 43.2 Å². The zero-order chi connectivity index (χ0) is 11.4. The van der Waals surface area contributed by atoms with Gasteiger partial charge in [0.2, 0.25) is 0 Å². The molecule has 0 aromatic heterocycles. The van der Waals surface area contributed by atoms with Crippen molar-refractivity contribution in [2.24, 2.45) is 0 Å². The Morgan fingerprint density at radius 2 is 2.00 bits per heavy atom. The van der Waals surface area contributed by atoms with Gasteiger partial charge in [0.1, 0.15) is 0 Å². The van der Waals surface area contributed by atoms with E-state index in [0.717, 1.165) is 38.8 Å². The van der Waals surface area contributed by atoms with E-state index >= 15 is 0 Å². The molecule has 2 amide bonds. The summed E-state index contributed by atoms with van der Waals surface area (Å²) in [6, 6.07) is 0.977. The van der Waals surface area contributed by atoms with Gasteiger partial charge >= 0.3 is 6.03 Å². The van der Waals surface area contributed by atoms with E-state index in [2.05, 4.69) is 10.6 Å². The van der Waals surface area contributed by atoms with Crippen molar-refractivity contribution in [1.29, 1.82) is 0 Å². The predicted molar refractivity (Wildman–Crippen MR) is 64.4 cm³/mol. The minimum absolute atomic E-state index is 0.122. The van der Waals surface area contributed by atoms with Crippen LogP contribution in [0.4, 0.5) is 4.79 Å². The molecule has 1 aliphatic carbocycles. The summed E-state index contributed by atoms with van der Waals surface area (Å²) < 4.78 is 0. The van der Waals surface area contributed by atoms with Crippen LogP contribution in [-0.2, 0) is 0 Å². The SMILES string of the molecule is CN(C(=O)NC1CCC1)C1CCCNCC1. The van der Waals surface area contributed by atoms with Gasteiger partial charge in [0.25, 0.3) is 0 Å². The Hall–Kier alpha value is -0.770. The van der Waals surface area contributed by atoms with Gasteiger partial charge in [-0.3, -0.25) is 0 Å². The summed E-state index contributed by atoms with van der Waals surface area (Å²) in [6.07, 6.45) is 6.96. The standard InChI is InChI=1S/C12H23N3O/c1-15(11-6-3-8-13-9-7-11)12(16)14-10-4-2-5-10/h10-11,13H,2-9H2,1H3,(H,14,16). The number of amides is 2. The quantitative estimate of drug-likeness (QED) is 0.744. The molecule has 2 N–H and O–H groups in total. The molecule has 1 heterocycles. The zero-order valence-corrected chi connectivity index (χ0v) is 10.2. The van der Waals surface area contributed by atoms with Crippen LogP contribution in [0.1, 0.15) is 38.5 Å². The monoisotopic (exact) mass is 225 g/mol. The Balaban J connectivity index is 1.79. The Morgan fingerprint density at radius 3 is 2.69 bits per heavy atom. The molecular weight excluding hydrogens is 202 g/mol. The summed E-state index contributed by atoms with van der Waals surface area (Å²) >= 11 is 0. The van der Waals surface area contributed by atoms with Crippen LogP contribution in [0.25, 0.3) is 0 Å². The number of rotatable bonds is 2. The molecule has 1 unspecified atom stereocenters. The average Bonchev–Trinajstić information content (AvgIpc) is 2.50. The summed E-state index contributed by atoms with van der Waals surface area (Å²) in [5.74, 6) is 0. The fourth-order valence-electron chi connectivity index (χ4n) is 2.38. The minimum atomic E-state index is 0.122. The maximum Gasteiger partial charge on any atom is 0.317 e. The fraction of sp³-hybridized carbons (Fsp3) is 0.917. The minimum Gasteiger partial charge on any atom is -0.335 e. The van der Waals surface area contributed by atoms with Gasteiger partial charge in [0.15, 0.2) is 0 Å². The maximum atomic E-state index is 12.0. The molecule has 1 aliphatic heterocycles. The Bertz CT molecular complexity index is 232. The number of nitrogens with one attached hydrogen (secondary N) is 2. The summed E-state index contributed by atoms with van der Waals surface area (Å²) in [5.41, 5.74) is 0. The van der Waals surface area contributed by atoms with Gasteiger partial charge in [-0.15, -0.1) is 0 Å². The second kappa shape index (κ2) is 5.53. The van der Waals surface area contributed by atoms with Crippen LogP contribution in [0, 0.1) is 0 Å². The van der Waals surface area contributed by atoms with Crippen molar-refractivity contribution in [3.8, 4) is 0 Å². The number of hydrogen-bond donors (Lipinski definition) is 2. The molecule has 4 nitrogen and oxygen atoms in total. The van der Waals surface area contributed by atoms with Crippen LogP contribution < -0.4 is 10.6 Å². The van der Waals surface area contributed by atoms with E-state index in [0.29, 0.717) is 12.1 Å². The lowest BCUT2D eigenvalue weighted by atomic mass is 9.93. The smallest absolute Gasteiger partial charge is 0.317 e. The highest BCUT2D eigenvalue weighted by Gasteiger charge is 2.25. The Kier molecular flexibility index (Phi) is 4.04. The molecule has 0 spiro atoms. The van der Waals surface area contributed by atoms with Crippen molar-refractivity contribution < 1.29 is 4.79 Å². The van der Waals surface area contributed by atoms with Crippen LogP contribution in [0.2, 0.25) is 0 Å². The van der Waals surface area contributed by atoms with Gasteiger partial charge in [-0.2, -0.15) is 0 Å². The van der Waals surface area contributed by atoms with Crippen molar-refractivity contribution >= 4 is 6.03 Å². The van der Waals surface area contributed by atoms with E-state index in [4.69, 9.17) is 0 Å². The van der Waals surface area contributed by atoms with Crippen LogP contribution in [0.3, 0.4) is 0 Å². The van der Waals surface area contributed by atoms with Crippen molar-refractivity contribution in [2.75, 3.05) is 20.1 Å². The van der Waals surface area contributed by atoms with E-state index in [1.807, 2.05) is 11.9 Å². The first kappa shape index (κ1) is 11.7. The predicted octanol–water partition coefficient (Wildman–Crippen LogP) is 1.32. The fourth-order valence-corrected chi connectivity index (χ4v) is 2.38. The second-order valence-electron chi connectivity index (χ2n) is 5.02. The summed E-state index contributed by atoms with van der Waals surface area (Å²) in [4.78, 5) is 13.9. The third-order valence-electron chi connectivity index (χ3n) is 3.85. The van der Waals surface area contributed by atoms with Gasteiger partial charge in [-0.05, 0) is 51.6 Å². The number of carbonyl (C=O) groups is 1. The summed E-state index contributed by atoms with van der Waals surface area (Å²) in [5, 5.41) is 6.48. The lowest BCUT2D eigenvalue weighted by molar-refractivity contribution is 0.174. The summed E-state index contributed by atoms with van der Waals surface area (Å²) in [7, 11) is 1.93. The zero-order valence-electron chi connectivity index (χ0n) is 10.2. The molecule has 16 heavy (non-hydrogen) atoms. The molecule has 1 atom stereocenters. The van der Waals surface area contributed by atoms with Crippen LogP contribution in [0.15, 0.2) is 0 Å². The molecule has 2 aliphatic rings. The van der Waals surface area contributed by atoms with Crippen molar-refractivity contribution in [3.05, 3.63) is 0 Å². The normalized spacial score (nSPS) is 26.7. The largest absolute Gasteiger partial charge is 0.335 e. The number of nitrogens with zero attached hydrogens (tertiary/aromatic N) is 1. The van der Waals surface area contributed by atoms with Gasteiger partial charge < -0.3 is 15.5 Å². The molecule has 2 fully saturated rings. The van der Waals surface area contributed by atoms with Crippen molar-refractivity contribution in [2.45, 2.75) is 50.6 Å². The first-order valence-corrected chi connectivity index (χ1v) is 6.51. The number of carbonyl (C=O) groups excluding carboxylic acids is 1. The highest BCUT2D eigenvalue weighted by molar-refractivity contribution is 5.74. The van der Waals surface area contributed by atoms with Crippen molar-refractivity contribution in [1.82, 2.24) is 15.5 Å². The molecule has 4 heteroatoms. The van der Waals surface area contributed by atoms with Crippen molar-refractivity contribution in [3.63, 3.8) is 0 Å². The molecule has 2 rings (SSSR count). The third-order valence-corrected chi connectivity index (χ3v) is 3.85. The Labute approximate surface area is 97.8 Å². The molecule has 0 aromatic rings. The number of hydrogen-bond acceptors (Lipinski definition) is 2. The average molecular weight is 225 g/mol. The third kappa shape index (κ3) is 2.88. The molecular formula is C12H23N3O. The topological polar surface area (TPSA) is 44.4 Å². The van der Waals surface area contributed by atoms with E-state index in [9.17, 15) is 4.79 Å². The first-order valence-electron chi connectivity index (χ1n) is 6.51. The van der Waals surface area contributed by atoms with E-state index in [1.165, 1.54) is 12.8 Å². The summed E-state index contributed by atoms with van der Waals surface area (Å²) in [6.45, 7) is 2.13. The van der Waals surface area contributed by atoms with Crippen LogP contribution >= 0.6 is 0 Å². The molecule has 0 bridgehead atoms. The maximum absolute atomic E-state index is 12.0. The van der Waals surface area contributed by atoms with E-state index in [-0.39, 0.29) is 6.03 Å². The van der Waals surface area contributed by atoms with E-state index < -0.39 is 0 Å². The van der Waals surface area contributed by atoms with Gasteiger partial charge in [-0.1, -0.05) is 0 Å². The van der Waals surface area contributed by atoms with Gasteiger partial charge in [0.05, 0.1) is 0 Å². The Morgan fingerprint density at radius 1 is 1.19 bits per heavy atom. The highest BCUT2D eigenvalue weighted by atomic mass is 16.2. The van der Waals surface area contributed by atoms with Gasteiger partial charge in [0, 0.05) is 19.1 Å². The van der Waals surface area contributed by atoms with Crippen LogP contribution in [0.5, 0.6) is 0 Å². The molecule has 1 saturated carbocycles. The lowest BCUT2D eigenvalue weighted by Crippen LogP contribution is -2.49. The molecule has 92 valence electrons.